The van der Waals surface area contributed by atoms with E-state index in [1.54, 1.807) is 11.9 Å². The smallest absolute Gasteiger partial charge is 0.322 e. The van der Waals surface area contributed by atoms with E-state index in [9.17, 15) is 4.79 Å². The first-order chi connectivity index (χ1) is 9.64. The number of carbonyl (C=O) groups is 1. The van der Waals surface area contributed by atoms with Crippen LogP contribution in [0.15, 0.2) is 0 Å². The maximum atomic E-state index is 11.6. The van der Waals surface area contributed by atoms with Crippen LogP contribution in [0, 0.1) is 0 Å². The number of hydrogen-bond acceptors (Lipinski definition) is 7. The summed E-state index contributed by atoms with van der Waals surface area (Å²) < 4.78 is 5.07. The molecule has 1 aromatic heterocycles. The van der Waals surface area contributed by atoms with Gasteiger partial charge in [0.25, 0.3) is 0 Å². The third-order valence-electron chi connectivity index (χ3n) is 2.51. The van der Waals surface area contributed by atoms with E-state index in [0.717, 1.165) is 6.42 Å². The van der Waals surface area contributed by atoms with Gasteiger partial charge in [-0.1, -0.05) is 6.92 Å². The zero-order chi connectivity index (χ0) is 15.0. The van der Waals surface area contributed by atoms with Crippen molar-refractivity contribution in [1.82, 2.24) is 20.3 Å². The number of rotatable bonds is 8. The van der Waals surface area contributed by atoms with Crippen molar-refractivity contribution in [3.05, 3.63) is 0 Å². The second-order valence-corrected chi connectivity index (χ2v) is 4.07. The van der Waals surface area contributed by atoms with Crippen molar-refractivity contribution in [2.24, 2.45) is 0 Å². The zero-order valence-electron chi connectivity index (χ0n) is 12.4. The first kappa shape index (κ1) is 15.9. The number of hydrogen-bond donors (Lipinski definition) is 2. The minimum Gasteiger partial charge on any atom is -0.467 e. The van der Waals surface area contributed by atoms with Crippen LogP contribution in [0.1, 0.15) is 20.3 Å². The van der Waals surface area contributed by atoms with Crippen LogP contribution < -0.4 is 20.3 Å². The molecule has 0 aliphatic heterocycles. The van der Waals surface area contributed by atoms with Gasteiger partial charge in [0.05, 0.1) is 13.7 Å². The molecule has 0 spiro atoms. The summed E-state index contributed by atoms with van der Waals surface area (Å²) in [5.41, 5.74) is 0. The molecule has 0 aliphatic carbocycles. The van der Waals surface area contributed by atoms with Gasteiger partial charge in [-0.2, -0.15) is 15.0 Å². The molecule has 0 radical (unpaired) electrons. The Hall–Kier alpha value is -2.12. The normalized spacial score (nSPS) is 10.0. The summed E-state index contributed by atoms with van der Waals surface area (Å²) in [7, 11) is 3.10. The summed E-state index contributed by atoms with van der Waals surface area (Å²) in [5, 5.41) is 5.61. The predicted octanol–water partition coefficient (Wildman–Crippen LogP) is 0.274. The molecule has 0 bridgehead atoms. The number of carbonyl (C=O) groups excluding carboxylic acids is 1. The van der Waals surface area contributed by atoms with Crippen molar-refractivity contribution < 1.29 is 9.53 Å². The van der Waals surface area contributed by atoms with E-state index in [1.165, 1.54) is 7.11 Å². The molecule has 1 heterocycles. The van der Waals surface area contributed by atoms with Crippen molar-refractivity contribution in [1.29, 1.82) is 0 Å². The Balaban J connectivity index is 3.03. The lowest BCUT2D eigenvalue weighted by Gasteiger charge is -2.21. The lowest BCUT2D eigenvalue weighted by atomic mass is 10.4. The molecule has 0 aliphatic rings. The fraction of sp³-hybridized carbons (Fsp3) is 0.667. The third kappa shape index (κ3) is 4.52. The van der Waals surface area contributed by atoms with E-state index < -0.39 is 0 Å². The van der Waals surface area contributed by atoms with E-state index >= 15 is 0 Å². The van der Waals surface area contributed by atoms with Crippen molar-refractivity contribution in [3.63, 3.8) is 0 Å². The quantitative estimate of drug-likeness (QED) is 0.707. The Morgan fingerprint density at radius 3 is 2.60 bits per heavy atom. The van der Waals surface area contributed by atoms with Gasteiger partial charge in [-0.15, -0.1) is 0 Å². The van der Waals surface area contributed by atoms with Crippen molar-refractivity contribution >= 4 is 17.8 Å². The second kappa shape index (κ2) is 8.13. The standard InChI is InChI=1S/C12H22N6O2/c1-5-7-18(8-9(19)13-3)11-15-10(14-6-2)16-12(17-11)20-4/h5-8H2,1-4H3,(H,13,19)(H,14,15,16,17). The SMILES string of the molecule is CCCN(CC(=O)NC)c1nc(NCC)nc(OC)n1. The molecular weight excluding hydrogens is 260 g/mol. The monoisotopic (exact) mass is 282 g/mol. The van der Waals surface area contributed by atoms with Crippen LogP contribution in [0.5, 0.6) is 6.01 Å². The van der Waals surface area contributed by atoms with Crippen LogP contribution in [0.2, 0.25) is 0 Å². The average molecular weight is 282 g/mol. The molecule has 0 saturated heterocycles. The van der Waals surface area contributed by atoms with Gasteiger partial charge in [0.2, 0.25) is 17.8 Å². The van der Waals surface area contributed by atoms with Crippen molar-refractivity contribution in [2.75, 3.05) is 44.0 Å². The van der Waals surface area contributed by atoms with Gasteiger partial charge in [0.1, 0.15) is 0 Å². The lowest BCUT2D eigenvalue weighted by Crippen LogP contribution is -2.37. The van der Waals surface area contributed by atoms with Gasteiger partial charge in [0, 0.05) is 20.1 Å². The summed E-state index contributed by atoms with van der Waals surface area (Å²) in [5.74, 6) is 0.772. The number of anilines is 2. The summed E-state index contributed by atoms with van der Waals surface area (Å²) in [6.07, 6.45) is 0.877. The van der Waals surface area contributed by atoms with Crippen LogP contribution in [0.4, 0.5) is 11.9 Å². The maximum absolute atomic E-state index is 11.6. The second-order valence-electron chi connectivity index (χ2n) is 4.07. The molecule has 1 aromatic rings. The molecule has 112 valence electrons. The molecule has 0 saturated carbocycles. The van der Waals surface area contributed by atoms with Crippen LogP contribution in [-0.4, -0.2) is 54.7 Å². The number of aromatic nitrogens is 3. The molecule has 0 atom stereocenters. The van der Waals surface area contributed by atoms with E-state index in [1.807, 2.05) is 13.8 Å². The van der Waals surface area contributed by atoms with Gasteiger partial charge in [-0.25, -0.2) is 0 Å². The molecule has 8 heteroatoms. The molecule has 1 rings (SSSR count). The highest BCUT2D eigenvalue weighted by molar-refractivity contribution is 5.80. The summed E-state index contributed by atoms with van der Waals surface area (Å²) in [4.78, 5) is 26.0. The van der Waals surface area contributed by atoms with Crippen LogP contribution >= 0.6 is 0 Å². The van der Waals surface area contributed by atoms with Gasteiger partial charge in [-0.05, 0) is 13.3 Å². The largest absolute Gasteiger partial charge is 0.467 e. The lowest BCUT2D eigenvalue weighted by molar-refractivity contribution is -0.119. The van der Waals surface area contributed by atoms with Crippen LogP contribution in [0.25, 0.3) is 0 Å². The summed E-state index contributed by atoms with van der Waals surface area (Å²) >= 11 is 0. The highest BCUT2D eigenvalue weighted by Gasteiger charge is 2.15. The minimum absolute atomic E-state index is 0.0946. The molecule has 0 unspecified atom stereocenters. The molecule has 0 fully saturated rings. The summed E-state index contributed by atoms with van der Waals surface area (Å²) in [6, 6.07) is 0.226. The third-order valence-corrected chi connectivity index (χ3v) is 2.51. The van der Waals surface area contributed by atoms with Gasteiger partial charge < -0.3 is 20.3 Å². The molecule has 1 amide bonds. The highest BCUT2D eigenvalue weighted by Crippen LogP contribution is 2.15. The molecule has 20 heavy (non-hydrogen) atoms. The van der Waals surface area contributed by atoms with E-state index in [4.69, 9.17) is 4.74 Å². The van der Waals surface area contributed by atoms with Gasteiger partial charge in [0.15, 0.2) is 0 Å². The molecule has 0 aromatic carbocycles. The van der Waals surface area contributed by atoms with E-state index in [0.29, 0.717) is 25.0 Å². The highest BCUT2D eigenvalue weighted by atomic mass is 16.5. The number of likely N-dealkylation sites (N-methyl/N-ethyl adjacent to an activating group) is 1. The molecule has 2 N–H and O–H groups in total. The number of ether oxygens (including phenoxy) is 1. The number of amides is 1. The van der Waals surface area contributed by atoms with Gasteiger partial charge >= 0.3 is 6.01 Å². The van der Waals surface area contributed by atoms with E-state index in [2.05, 4.69) is 25.6 Å². The zero-order valence-corrected chi connectivity index (χ0v) is 12.4. The Morgan fingerprint density at radius 1 is 1.30 bits per heavy atom. The number of methoxy groups -OCH3 is 1. The average Bonchev–Trinajstić information content (AvgIpc) is 2.46. The maximum Gasteiger partial charge on any atom is 0.322 e. The fourth-order valence-corrected chi connectivity index (χ4v) is 1.59. The number of nitrogens with zero attached hydrogens (tertiary/aromatic N) is 4. The Kier molecular flexibility index (Phi) is 6.48. The first-order valence-corrected chi connectivity index (χ1v) is 6.64. The Labute approximate surface area is 119 Å². The topological polar surface area (TPSA) is 92.3 Å². The Morgan fingerprint density at radius 2 is 2.05 bits per heavy atom. The molecular formula is C12H22N6O2. The van der Waals surface area contributed by atoms with Gasteiger partial charge in [-0.3, -0.25) is 4.79 Å². The molecule has 8 nitrogen and oxygen atoms in total. The number of nitrogens with one attached hydrogen (secondary N) is 2. The predicted molar refractivity (Wildman–Crippen MR) is 77.1 cm³/mol. The van der Waals surface area contributed by atoms with E-state index in [-0.39, 0.29) is 18.5 Å². The van der Waals surface area contributed by atoms with Crippen LogP contribution in [0.3, 0.4) is 0 Å². The fourth-order valence-electron chi connectivity index (χ4n) is 1.59. The van der Waals surface area contributed by atoms with Crippen molar-refractivity contribution in [2.45, 2.75) is 20.3 Å². The van der Waals surface area contributed by atoms with Crippen molar-refractivity contribution in [3.8, 4) is 6.01 Å². The van der Waals surface area contributed by atoms with Crippen LogP contribution in [-0.2, 0) is 4.79 Å². The summed E-state index contributed by atoms with van der Waals surface area (Å²) in [6.45, 7) is 5.54. The first-order valence-electron chi connectivity index (χ1n) is 6.64. The minimum atomic E-state index is -0.0946. The Bertz CT molecular complexity index is 440.